The molecule has 0 radical (unpaired) electrons. The van der Waals surface area contributed by atoms with Gasteiger partial charge in [0.15, 0.2) is 0 Å². The highest BCUT2D eigenvalue weighted by atomic mass is 16.1. The molecule has 0 aliphatic heterocycles. The van der Waals surface area contributed by atoms with E-state index in [9.17, 15) is 4.79 Å². The second-order valence-electron chi connectivity index (χ2n) is 3.84. The Morgan fingerprint density at radius 2 is 2.31 bits per heavy atom. The van der Waals surface area contributed by atoms with E-state index in [1.165, 1.54) is 0 Å². The van der Waals surface area contributed by atoms with Crippen molar-refractivity contribution in [3.05, 3.63) is 18.3 Å². The Balaban J connectivity index is 2.31. The molecule has 0 aromatic carbocycles. The minimum absolute atomic E-state index is 0.0250. The molecule has 1 aromatic rings. The molecular weight excluding hydrogens is 204 g/mol. The molecule has 5 nitrogen and oxygen atoms in total. The lowest BCUT2D eigenvalue weighted by atomic mass is 10.3. The van der Waals surface area contributed by atoms with Crippen molar-refractivity contribution < 1.29 is 4.79 Å². The highest BCUT2D eigenvalue weighted by molar-refractivity contribution is 5.76. The van der Waals surface area contributed by atoms with Crippen molar-refractivity contribution in [2.45, 2.75) is 26.3 Å². The molecule has 5 heteroatoms. The average Bonchev–Trinajstić information content (AvgIpc) is 2.19. The Morgan fingerprint density at radius 3 is 2.94 bits per heavy atom. The Hall–Kier alpha value is -1.78. The van der Waals surface area contributed by atoms with Crippen molar-refractivity contribution in [3.8, 4) is 0 Å². The van der Waals surface area contributed by atoms with Crippen LogP contribution in [0.3, 0.4) is 0 Å². The minimum Gasteiger partial charge on any atom is -0.396 e. The smallest absolute Gasteiger partial charge is 0.221 e. The number of amides is 1. The number of aromatic nitrogens is 1. The van der Waals surface area contributed by atoms with Crippen LogP contribution in [-0.4, -0.2) is 23.5 Å². The van der Waals surface area contributed by atoms with Gasteiger partial charge in [-0.15, -0.1) is 0 Å². The van der Waals surface area contributed by atoms with Crippen LogP contribution in [0.15, 0.2) is 18.3 Å². The second-order valence-corrected chi connectivity index (χ2v) is 3.84. The fourth-order valence-electron chi connectivity index (χ4n) is 1.25. The number of carbonyl (C=O) groups excluding carboxylic acids is 1. The fourth-order valence-corrected chi connectivity index (χ4v) is 1.25. The quantitative estimate of drug-likeness (QED) is 0.694. The highest BCUT2D eigenvalue weighted by Crippen LogP contribution is 2.12. The molecule has 0 atom stereocenters. The Bertz CT molecular complexity index is 352. The predicted molar refractivity (Wildman–Crippen MR) is 65.0 cm³/mol. The standard InChI is InChI=1S/C11H18N4O/c1-8(2)15-10(16)5-7-14-11-9(12)4-3-6-13-11/h3-4,6,8H,5,7,12H2,1-2H3,(H,13,14)(H,15,16). The molecule has 0 aliphatic carbocycles. The molecule has 1 amide bonds. The average molecular weight is 222 g/mol. The van der Waals surface area contributed by atoms with Gasteiger partial charge in [0.05, 0.1) is 5.69 Å². The molecular formula is C11H18N4O. The number of nitrogen functional groups attached to an aromatic ring is 1. The van der Waals surface area contributed by atoms with Gasteiger partial charge in [0, 0.05) is 25.2 Å². The Labute approximate surface area is 95.4 Å². The first-order valence-corrected chi connectivity index (χ1v) is 5.33. The van der Waals surface area contributed by atoms with Gasteiger partial charge >= 0.3 is 0 Å². The molecule has 0 fully saturated rings. The van der Waals surface area contributed by atoms with E-state index >= 15 is 0 Å². The second kappa shape index (κ2) is 5.95. The van der Waals surface area contributed by atoms with E-state index in [2.05, 4.69) is 15.6 Å². The molecule has 0 aliphatic rings. The summed E-state index contributed by atoms with van der Waals surface area (Å²) in [5, 5.41) is 5.83. The molecule has 0 spiro atoms. The zero-order valence-corrected chi connectivity index (χ0v) is 9.66. The molecule has 0 bridgehead atoms. The zero-order valence-electron chi connectivity index (χ0n) is 9.66. The van der Waals surface area contributed by atoms with Gasteiger partial charge in [0.1, 0.15) is 5.82 Å². The fraction of sp³-hybridized carbons (Fsp3) is 0.455. The largest absolute Gasteiger partial charge is 0.396 e. The number of nitrogens with zero attached hydrogens (tertiary/aromatic N) is 1. The lowest BCUT2D eigenvalue weighted by molar-refractivity contribution is -0.121. The van der Waals surface area contributed by atoms with Crippen molar-refractivity contribution in [1.82, 2.24) is 10.3 Å². The molecule has 0 saturated heterocycles. The summed E-state index contributed by atoms with van der Waals surface area (Å²) in [5.41, 5.74) is 6.28. The van der Waals surface area contributed by atoms with E-state index in [1.807, 2.05) is 13.8 Å². The van der Waals surface area contributed by atoms with Crippen LogP contribution in [0.1, 0.15) is 20.3 Å². The zero-order chi connectivity index (χ0) is 12.0. The van der Waals surface area contributed by atoms with E-state index in [1.54, 1.807) is 18.3 Å². The first kappa shape index (κ1) is 12.3. The summed E-state index contributed by atoms with van der Waals surface area (Å²) < 4.78 is 0. The third-order valence-electron chi connectivity index (χ3n) is 1.93. The van der Waals surface area contributed by atoms with Gasteiger partial charge in [-0.05, 0) is 26.0 Å². The number of anilines is 2. The summed E-state index contributed by atoms with van der Waals surface area (Å²) in [6.07, 6.45) is 2.07. The van der Waals surface area contributed by atoms with Crippen molar-refractivity contribution in [3.63, 3.8) is 0 Å². The van der Waals surface area contributed by atoms with Crippen LogP contribution in [0.5, 0.6) is 0 Å². The Kier molecular flexibility index (Phi) is 4.57. The lowest BCUT2D eigenvalue weighted by Crippen LogP contribution is -2.31. The highest BCUT2D eigenvalue weighted by Gasteiger charge is 2.03. The van der Waals surface area contributed by atoms with Crippen molar-refractivity contribution in [1.29, 1.82) is 0 Å². The van der Waals surface area contributed by atoms with Gasteiger partial charge in [-0.2, -0.15) is 0 Å². The molecule has 16 heavy (non-hydrogen) atoms. The Morgan fingerprint density at radius 1 is 1.56 bits per heavy atom. The molecule has 88 valence electrons. The molecule has 0 unspecified atom stereocenters. The van der Waals surface area contributed by atoms with Gasteiger partial charge in [0.25, 0.3) is 0 Å². The van der Waals surface area contributed by atoms with Crippen molar-refractivity contribution in [2.75, 3.05) is 17.6 Å². The van der Waals surface area contributed by atoms with Crippen LogP contribution >= 0.6 is 0 Å². The van der Waals surface area contributed by atoms with E-state index in [0.717, 1.165) is 0 Å². The summed E-state index contributed by atoms with van der Waals surface area (Å²) in [6.45, 7) is 4.39. The van der Waals surface area contributed by atoms with E-state index in [4.69, 9.17) is 5.73 Å². The SMILES string of the molecule is CC(C)NC(=O)CCNc1ncccc1N. The lowest BCUT2D eigenvalue weighted by Gasteiger charge is -2.10. The van der Waals surface area contributed by atoms with Crippen LogP contribution in [-0.2, 0) is 4.79 Å². The number of pyridine rings is 1. The maximum atomic E-state index is 11.3. The van der Waals surface area contributed by atoms with Crippen LogP contribution in [0.2, 0.25) is 0 Å². The van der Waals surface area contributed by atoms with Gasteiger partial charge in [-0.1, -0.05) is 0 Å². The van der Waals surface area contributed by atoms with E-state index in [-0.39, 0.29) is 11.9 Å². The van der Waals surface area contributed by atoms with Gasteiger partial charge in [-0.25, -0.2) is 4.98 Å². The van der Waals surface area contributed by atoms with Gasteiger partial charge < -0.3 is 16.4 Å². The van der Waals surface area contributed by atoms with Crippen LogP contribution in [0.25, 0.3) is 0 Å². The van der Waals surface area contributed by atoms with E-state index < -0.39 is 0 Å². The normalized spacial score (nSPS) is 10.2. The number of nitrogens with two attached hydrogens (primary N) is 1. The van der Waals surface area contributed by atoms with Gasteiger partial charge in [-0.3, -0.25) is 4.79 Å². The maximum Gasteiger partial charge on any atom is 0.221 e. The number of hydrogen-bond acceptors (Lipinski definition) is 4. The molecule has 1 aromatic heterocycles. The molecule has 1 heterocycles. The third-order valence-corrected chi connectivity index (χ3v) is 1.93. The number of hydrogen-bond donors (Lipinski definition) is 3. The van der Waals surface area contributed by atoms with Crippen LogP contribution in [0.4, 0.5) is 11.5 Å². The summed E-state index contributed by atoms with van der Waals surface area (Å²) in [6, 6.07) is 3.71. The minimum atomic E-state index is 0.0250. The summed E-state index contributed by atoms with van der Waals surface area (Å²) in [4.78, 5) is 15.4. The van der Waals surface area contributed by atoms with Crippen LogP contribution < -0.4 is 16.4 Å². The molecule has 0 saturated carbocycles. The summed E-state index contributed by atoms with van der Waals surface area (Å²) >= 11 is 0. The molecule has 4 N–H and O–H groups in total. The summed E-state index contributed by atoms with van der Waals surface area (Å²) in [7, 11) is 0. The number of nitrogens with one attached hydrogen (secondary N) is 2. The van der Waals surface area contributed by atoms with Crippen molar-refractivity contribution >= 4 is 17.4 Å². The predicted octanol–water partition coefficient (Wildman–Crippen LogP) is 0.990. The summed E-state index contributed by atoms with van der Waals surface area (Å²) in [5.74, 6) is 0.650. The van der Waals surface area contributed by atoms with Gasteiger partial charge in [0.2, 0.25) is 5.91 Å². The monoisotopic (exact) mass is 222 g/mol. The number of rotatable bonds is 5. The topological polar surface area (TPSA) is 80.0 Å². The van der Waals surface area contributed by atoms with Crippen molar-refractivity contribution in [2.24, 2.45) is 0 Å². The van der Waals surface area contributed by atoms with E-state index in [0.29, 0.717) is 24.5 Å². The van der Waals surface area contributed by atoms with Crippen LogP contribution in [0, 0.1) is 0 Å². The maximum absolute atomic E-state index is 11.3. The first-order chi connectivity index (χ1) is 7.59. The number of carbonyl (C=O) groups is 1. The third kappa shape index (κ3) is 4.16. The molecule has 1 rings (SSSR count). The first-order valence-electron chi connectivity index (χ1n) is 5.33.